The number of nitrogens with zero attached hydrogens (tertiary/aromatic N) is 2. The fourth-order valence-electron chi connectivity index (χ4n) is 3.01. The number of esters is 1. The minimum absolute atomic E-state index is 0.0803. The lowest BCUT2D eigenvalue weighted by Gasteiger charge is -2.23. The second-order valence-electron chi connectivity index (χ2n) is 6.63. The average molecular weight is 434 g/mol. The first kappa shape index (κ1) is 21.1. The zero-order chi connectivity index (χ0) is 21.6. The standard InChI is InChI=1S/C17H17F3N2O6S/c1-2-28-14(23)8-21(9-17(18,19)20)15(24)10-3-6-12-13(7-10)29(26,27)22(16(12)25)11-4-5-11/h3,6-7,11H,2,4-5,8-9H2,1H3. The molecule has 1 fully saturated rings. The Bertz CT molecular complexity index is 972. The summed E-state index contributed by atoms with van der Waals surface area (Å²) in [5.74, 6) is -2.96. The summed E-state index contributed by atoms with van der Waals surface area (Å²) >= 11 is 0. The van der Waals surface area contributed by atoms with Crippen LogP contribution >= 0.6 is 0 Å². The maximum Gasteiger partial charge on any atom is 0.406 e. The van der Waals surface area contributed by atoms with Crippen molar-refractivity contribution >= 4 is 27.8 Å². The van der Waals surface area contributed by atoms with Gasteiger partial charge in [0.2, 0.25) is 0 Å². The van der Waals surface area contributed by atoms with E-state index in [1.54, 1.807) is 0 Å². The van der Waals surface area contributed by atoms with Gasteiger partial charge in [0.05, 0.1) is 12.2 Å². The monoisotopic (exact) mass is 434 g/mol. The van der Waals surface area contributed by atoms with E-state index in [9.17, 15) is 36.0 Å². The summed E-state index contributed by atoms with van der Waals surface area (Å²) < 4.78 is 69.2. The smallest absolute Gasteiger partial charge is 0.406 e. The Morgan fingerprint density at radius 1 is 1.28 bits per heavy atom. The average Bonchev–Trinajstić information content (AvgIpc) is 3.40. The van der Waals surface area contributed by atoms with Crippen molar-refractivity contribution in [1.82, 2.24) is 9.21 Å². The van der Waals surface area contributed by atoms with Crippen molar-refractivity contribution in [3.63, 3.8) is 0 Å². The van der Waals surface area contributed by atoms with E-state index in [0.717, 1.165) is 22.5 Å². The maximum absolute atomic E-state index is 12.9. The van der Waals surface area contributed by atoms with Crippen LogP contribution in [0.25, 0.3) is 0 Å². The fraction of sp³-hybridized carbons (Fsp3) is 0.471. The highest BCUT2D eigenvalue weighted by atomic mass is 32.2. The van der Waals surface area contributed by atoms with E-state index in [1.807, 2.05) is 0 Å². The second kappa shape index (κ2) is 7.32. The van der Waals surface area contributed by atoms with Gasteiger partial charge in [-0.1, -0.05) is 0 Å². The molecule has 0 saturated heterocycles. The number of sulfonamides is 1. The van der Waals surface area contributed by atoms with Gasteiger partial charge in [-0.3, -0.25) is 14.4 Å². The number of alkyl halides is 3. The third kappa shape index (κ3) is 4.21. The summed E-state index contributed by atoms with van der Waals surface area (Å²) in [5, 5.41) is 0. The molecule has 1 aliphatic carbocycles. The molecule has 0 spiro atoms. The molecule has 12 heteroatoms. The first-order chi connectivity index (χ1) is 13.5. The molecule has 3 rings (SSSR count). The number of amides is 2. The van der Waals surface area contributed by atoms with Crippen LogP contribution in [0, 0.1) is 0 Å². The minimum atomic E-state index is -4.79. The molecule has 29 heavy (non-hydrogen) atoms. The number of hydrogen-bond donors (Lipinski definition) is 0. The number of carbonyl (C=O) groups is 3. The molecular weight excluding hydrogens is 417 g/mol. The minimum Gasteiger partial charge on any atom is -0.465 e. The summed E-state index contributed by atoms with van der Waals surface area (Å²) in [6.45, 7) is -1.30. The molecule has 158 valence electrons. The van der Waals surface area contributed by atoms with E-state index < -0.39 is 58.0 Å². The van der Waals surface area contributed by atoms with E-state index in [2.05, 4.69) is 4.74 Å². The van der Waals surface area contributed by atoms with Crippen LogP contribution in [0.5, 0.6) is 0 Å². The van der Waals surface area contributed by atoms with Crippen LogP contribution in [0.2, 0.25) is 0 Å². The second-order valence-corrected chi connectivity index (χ2v) is 8.41. The molecule has 0 unspecified atom stereocenters. The Morgan fingerprint density at radius 2 is 1.93 bits per heavy atom. The zero-order valence-electron chi connectivity index (χ0n) is 15.2. The number of benzene rings is 1. The molecule has 0 radical (unpaired) electrons. The Kier molecular flexibility index (Phi) is 5.32. The third-order valence-electron chi connectivity index (χ3n) is 4.36. The number of carbonyl (C=O) groups excluding carboxylic acids is 3. The van der Waals surface area contributed by atoms with Gasteiger partial charge in [-0.2, -0.15) is 13.2 Å². The van der Waals surface area contributed by atoms with E-state index in [-0.39, 0.29) is 22.6 Å². The van der Waals surface area contributed by atoms with Gasteiger partial charge in [0.15, 0.2) is 0 Å². The number of ether oxygens (including phenoxy) is 1. The van der Waals surface area contributed by atoms with Crippen LogP contribution in [-0.2, 0) is 19.6 Å². The molecule has 8 nitrogen and oxygen atoms in total. The van der Waals surface area contributed by atoms with Crippen LogP contribution in [-0.4, -0.2) is 67.3 Å². The molecule has 0 bridgehead atoms. The van der Waals surface area contributed by atoms with Crippen LogP contribution in [0.4, 0.5) is 13.2 Å². The fourth-order valence-corrected chi connectivity index (χ4v) is 4.85. The summed E-state index contributed by atoms with van der Waals surface area (Å²) in [4.78, 5) is 36.4. The predicted octanol–water partition coefficient (Wildman–Crippen LogP) is 1.56. The Labute approximate surface area is 164 Å². The highest BCUT2D eigenvalue weighted by molar-refractivity contribution is 7.90. The SMILES string of the molecule is CCOC(=O)CN(CC(F)(F)F)C(=O)c1ccc2c(c1)S(=O)(=O)N(C1CC1)C2=O. The summed E-state index contributed by atoms with van der Waals surface area (Å²) in [7, 11) is -4.18. The van der Waals surface area contributed by atoms with Crippen molar-refractivity contribution in [1.29, 1.82) is 0 Å². The molecule has 2 aliphatic rings. The third-order valence-corrected chi connectivity index (χ3v) is 6.23. The van der Waals surface area contributed by atoms with E-state index in [0.29, 0.717) is 12.8 Å². The molecule has 0 aromatic heterocycles. The van der Waals surface area contributed by atoms with Gasteiger partial charge in [0, 0.05) is 11.6 Å². The molecule has 0 atom stereocenters. The van der Waals surface area contributed by atoms with Crippen molar-refractivity contribution in [2.75, 3.05) is 19.7 Å². The van der Waals surface area contributed by atoms with Crippen LogP contribution in [0.1, 0.15) is 40.5 Å². The molecule has 1 aliphatic heterocycles. The Balaban J connectivity index is 1.93. The van der Waals surface area contributed by atoms with E-state index >= 15 is 0 Å². The molecule has 1 aromatic carbocycles. The normalized spacial score (nSPS) is 17.8. The van der Waals surface area contributed by atoms with Gasteiger partial charge < -0.3 is 9.64 Å². The van der Waals surface area contributed by atoms with Crippen LogP contribution in [0.15, 0.2) is 23.1 Å². The molecule has 1 aromatic rings. The molecule has 2 amide bonds. The van der Waals surface area contributed by atoms with Gasteiger partial charge in [-0.05, 0) is 38.0 Å². The largest absolute Gasteiger partial charge is 0.465 e. The summed E-state index contributed by atoms with van der Waals surface area (Å²) in [6.07, 6.45) is -3.73. The van der Waals surface area contributed by atoms with Crippen molar-refractivity contribution in [2.45, 2.75) is 36.9 Å². The number of halogens is 3. The first-order valence-corrected chi connectivity index (χ1v) is 10.1. The van der Waals surface area contributed by atoms with Crippen LogP contribution < -0.4 is 0 Å². The quantitative estimate of drug-likeness (QED) is 0.630. The number of fused-ring (bicyclic) bond motifs is 1. The van der Waals surface area contributed by atoms with E-state index in [1.165, 1.54) is 6.92 Å². The summed E-state index contributed by atoms with van der Waals surface area (Å²) in [6, 6.07) is 2.60. The van der Waals surface area contributed by atoms with Crippen molar-refractivity contribution < 1.29 is 40.7 Å². The van der Waals surface area contributed by atoms with Gasteiger partial charge in [0.1, 0.15) is 18.0 Å². The lowest BCUT2D eigenvalue weighted by molar-refractivity contribution is -0.153. The highest BCUT2D eigenvalue weighted by Gasteiger charge is 2.49. The lowest BCUT2D eigenvalue weighted by atomic mass is 10.1. The number of hydrogen-bond acceptors (Lipinski definition) is 6. The molecule has 1 saturated carbocycles. The van der Waals surface area contributed by atoms with Gasteiger partial charge in [0.25, 0.3) is 21.8 Å². The predicted molar refractivity (Wildman–Crippen MR) is 91.4 cm³/mol. The highest BCUT2D eigenvalue weighted by Crippen LogP contribution is 2.39. The maximum atomic E-state index is 12.9. The van der Waals surface area contributed by atoms with Crippen molar-refractivity contribution in [3.8, 4) is 0 Å². The van der Waals surface area contributed by atoms with Gasteiger partial charge in [-0.25, -0.2) is 12.7 Å². The molecular formula is C17H17F3N2O6S. The first-order valence-electron chi connectivity index (χ1n) is 8.70. The Morgan fingerprint density at radius 3 is 2.48 bits per heavy atom. The van der Waals surface area contributed by atoms with Gasteiger partial charge >= 0.3 is 12.1 Å². The van der Waals surface area contributed by atoms with Gasteiger partial charge in [-0.15, -0.1) is 0 Å². The topological polar surface area (TPSA) is 101 Å². The molecule has 0 N–H and O–H groups in total. The van der Waals surface area contributed by atoms with Crippen molar-refractivity contribution in [2.24, 2.45) is 0 Å². The zero-order valence-corrected chi connectivity index (χ0v) is 16.0. The van der Waals surface area contributed by atoms with Crippen LogP contribution in [0.3, 0.4) is 0 Å². The molecule has 1 heterocycles. The number of rotatable bonds is 6. The Hall–Kier alpha value is -2.63. The summed E-state index contributed by atoms with van der Waals surface area (Å²) in [5.41, 5.74) is -0.521. The van der Waals surface area contributed by atoms with E-state index in [4.69, 9.17) is 0 Å². The van der Waals surface area contributed by atoms with Crippen molar-refractivity contribution in [3.05, 3.63) is 29.3 Å². The lowest BCUT2D eigenvalue weighted by Crippen LogP contribution is -2.42.